The van der Waals surface area contributed by atoms with E-state index in [1.165, 1.54) is 11.1 Å². The first-order valence-electron chi connectivity index (χ1n) is 4.91. The van der Waals surface area contributed by atoms with E-state index in [9.17, 15) is 4.79 Å². The van der Waals surface area contributed by atoms with Crippen molar-refractivity contribution in [3.63, 3.8) is 0 Å². The van der Waals surface area contributed by atoms with Crippen molar-refractivity contribution in [3.05, 3.63) is 34.9 Å². The van der Waals surface area contributed by atoms with E-state index in [1.54, 1.807) is 7.11 Å². The summed E-state index contributed by atoms with van der Waals surface area (Å²) in [6, 6.07) is 6.30. The summed E-state index contributed by atoms with van der Waals surface area (Å²) in [5.74, 6) is 0.354. The highest BCUT2D eigenvalue weighted by Crippen LogP contribution is 2.20. The molecule has 0 N–H and O–H groups in total. The van der Waals surface area contributed by atoms with Crippen LogP contribution in [0, 0.1) is 0 Å². The number of ether oxygens (including phenoxy) is 1. The molecule has 0 heterocycles. The third-order valence-electron chi connectivity index (χ3n) is 2.64. The van der Waals surface area contributed by atoms with Gasteiger partial charge in [0, 0.05) is 20.0 Å². The van der Waals surface area contributed by atoms with Crippen molar-refractivity contribution in [2.45, 2.75) is 25.9 Å². The topological polar surface area (TPSA) is 26.3 Å². The van der Waals surface area contributed by atoms with Gasteiger partial charge in [0.2, 0.25) is 0 Å². The third-order valence-corrected chi connectivity index (χ3v) is 2.64. The minimum atomic E-state index is 0.354. The van der Waals surface area contributed by atoms with Crippen LogP contribution in [0.4, 0.5) is 0 Å². The zero-order chi connectivity index (χ0) is 9.97. The molecule has 74 valence electrons. The molecule has 2 heteroatoms. The van der Waals surface area contributed by atoms with Gasteiger partial charge in [0.25, 0.3) is 0 Å². The van der Waals surface area contributed by atoms with Gasteiger partial charge in [-0.2, -0.15) is 0 Å². The fourth-order valence-electron chi connectivity index (χ4n) is 1.92. The lowest BCUT2D eigenvalue weighted by atomic mass is 9.90. The van der Waals surface area contributed by atoms with Crippen LogP contribution >= 0.6 is 0 Å². The lowest BCUT2D eigenvalue weighted by Gasteiger charge is -2.15. The molecule has 1 aliphatic rings. The van der Waals surface area contributed by atoms with E-state index in [-0.39, 0.29) is 0 Å². The molecule has 1 aromatic carbocycles. The van der Waals surface area contributed by atoms with Crippen LogP contribution < -0.4 is 0 Å². The average molecular weight is 190 g/mol. The largest absolute Gasteiger partial charge is 0.380 e. The van der Waals surface area contributed by atoms with E-state index in [2.05, 4.69) is 18.2 Å². The van der Waals surface area contributed by atoms with Gasteiger partial charge in [-0.05, 0) is 23.1 Å². The first kappa shape index (κ1) is 9.41. The highest BCUT2D eigenvalue weighted by molar-refractivity contribution is 5.83. The lowest BCUT2D eigenvalue weighted by Crippen LogP contribution is -2.13. The molecule has 0 atom stereocenters. The van der Waals surface area contributed by atoms with Crippen LogP contribution in [0.25, 0.3) is 0 Å². The van der Waals surface area contributed by atoms with Crippen molar-refractivity contribution in [1.29, 1.82) is 0 Å². The van der Waals surface area contributed by atoms with Crippen LogP contribution in [0.1, 0.15) is 23.1 Å². The summed E-state index contributed by atoms with van der Waals surface area (Å²) in [6.45, 7) is 0.626. The molecule has 0 saturated heterocycles. The van der Waals surface area contributed by atoms with Gasteiger partial charge in [0.15, 0.2) is 0 Å². The number of carbonyl (C=O) groups is 1. The quantitative estimate of drug-likeness (QED) is 0.711. The fraction of sp³-hybridized carbons (Fsp3) is 0.417. The van der Waals surface area contributed by atoms with Gasteiger partial charge in [-0.15, -0.1) is 0 Å². The molecular formula is C12H14O2. The molecule has 0 spiro atoms. The third kappa shape index (κ3) is 1.85. The van der Waals surface area contributed by atoms with Gasteiger partial charge < -0.3 is 4.74 Å². The summed E-state index contributed by atoms with van der Waals surface area (Å²) in [4.78, 5) is 11.3. The van der Waals surface area contributed by atoms with E-state index in [0.717, 1.165) is 12.0 Å². The minimum Gasteiger partial charge on any atom is -0.380 e. The Balaban J connectivity index is 2.28. The Morgan fingerprint density at radius 2 is 2.14 bits per heavy atom. The molecule has 0 bridgehead atoms. The van der Waals surface area contributed by atoms with Gasteiger partial charge >= 0.3 is 0 Å². The maximum Gasteiger partial charge on any atom is 0.137 e. The smallest absolute Gasteiger partial charge is 0.137 e. The Bertz CT molecular complexity index is 355. The second-order valence-corrected chi connectivity index (χ2v) is 3.75. The van der Waals surface area contributed by atoms with E-state index < -0.39 is 0 Å². The molecule has 0 unspecified atom stereocenters. The average Bonchev–Trinajstić information content (AvgIpc) is 2.17. The summed E-state index contributed by atoms with van der Waals surface area (Å²) in [5.41, 5.74) is 3.67. The molecule has 0 amide bonds. The SMILES string of the molecule is COCc1ccc2c(c1)CC(=O)CC2. The number of carbonyl (C=O) groups excluding carboxylic acids is 1. The number of ketones is 1. The van der Waals surface area contributed by atoms with E-state index in [1.807, 2.05) is 0 Å². The van der Waals surface area contributed by atoms with Gasteiger partial charge in [-0.3, -0.25) is 4.79 Å². The molecule has 0 fully saturated rings. The summed E-state index contributed by atoms with van der Waals surface area (Å²) in [6.07, 6.45) is 2.21. The maximum atomic E-state index is 11.3. The zero-order valence-electron chi connectivity index (χ0n) is 8.38. The molecule has 1 aliphatic carbocycles. The van der Waals surface area contributed by atoms with Crippen LogP contribution in [-0.2, 0) is 29.0 Å². The molecule has 0 radical (unpaired) electrons. The van der Waals surface area contributed by atoms with Crippen molar-refractivity contribution in [2.75, 3.05) is 7.11 Å². The number of Topliss-reactive ketones (excluding diaryl/α,β-unsaturated/α-hetero) is 1. The van der Waals surface area contributed by atoms with Gasteiger partial charge in [-0.25, -0.2) is 0 Å². The Labute approximate surface area is 83.9 Å². The number of hydrogen-bond acceptors (Lipinski definition) is 2. The van der Waals surface area contributed by atoms with Crippen molar-refractivity contribution in [3.8, 4) is 0 Å². The van der Waals surface area contributed by atoms with Crippen LogP contribution in [0.3, 0.4) is 0 Å². The summed E-state index contributed by atoms with van der Waals surface area (Å²) >= 11 is 0. The van der Waals surface area contributed by atoms with Crippen molar-refractivity contribution in [1.82, 2.24) is 0 Å². The summed E-state index contributed by atoms with van der Waals surface area (Å²) < 4.78 is 5.06. The first-order valence-corrected chi connectivity index (χ1v) is 4.91. The van der Waals surface area contributed by atoms with Crippen LogP contribution in [-0.4, -0.2) is 12.9 Å². The number of rotatable bonds is 2. The predicted octanol–water partition coefficient (Wildman–Crippen LogP) is 1.89. The van der Waals surface area contributed by atoms with Crippen molar-refractivity contribution in [2.24, 2.45) is 0 Å². The molecule has 0 saturated carbocycles. The second kappa shape index (κ2) is 3.93. The minimum absolute atomic E-state index is 0.354. The molecular weight excluding hydrogens is 176 g/mol. The van der Waals surface area contributed by atoms with E-state index in [0.29, 0.717) is 25.2 Å². The summed E-state index contributed by atoms with van der Waals surface area (Å²) in [5, 5.41) is 0. The number of hydrogen-bond donors (Lipinski definition) is 0. The van der Waals surface area contributed by atoms with Crippen molar-refractivity contribution < 1.29 is 9.53 Å². The van der Waals surface area contributed by atoms with Gasteiger partial charge in [-0.1, -0.05) is 18.2 Å². The number of aryl methyl sites for hydroxylation is 1. The Hall–Kier alpha value is -1.15. The van der Waals surface area contributed by atoms with Crippen LogP contribution in [0.5, 0.6) is 0 Å². The number of benzene rings is 1. The highest BCUT2D eigenvalue weighted by atomic mass is 16.5. The van der Waals surface area contributed by atoms with Crippen LogP contribution in [0.15, 0.2) is 18.2 Å². The predicted molar refractivity (Wildman–Crippen MR) is 54.2 cm³/mol. The molecule has 2 nitrogen and oxygen atoms in total. The zero-order valence-corrected chi connectivity index (χ0v) is 8.38. The van der Waals surface area contributed by atoms with Gasteiger partial charge in [0.1, 0.15) is 5.78 Å². The molecule has 0 aliphatic heterocycles. The maximum absolute atomic E-state index is 11.3. The molecule has 2 rings (SSSR count). The molecule has 1 aromatic rings. The Morgan fingerprint density at radius 3 is 2.93 bits per heavy atom. The number of fused-ring (bicyclic) bond motifs is 1. The fourth-order valence-corrected chi connectivity index (χ4v) is 1.92. The van der Waals surface area contributed by atoms with Crippen molar-refractivity contribution >= 4 is 5.78 Å². The first-order chi connectivity index (χ1) is 6.79. The number of methoxy groups -OCH3 is 1. The highest BCUT2D eigenvalue weighted by Gasteiger charge is 2.15. The monoisotopic (exact) mass is 190 g/mol. The Kier molecular flexibility index (Phi) is 2.64. The normalized spacial score (nSPS) is 15.4. The molecule has 0 aromatic heterocycles. The Morgan fingerprint density at radius 1 is 1.29 bits per heavy atom. The van der Waals surface area contributed by atoms with E-state index >= 15 is 0 Å². The standard InChI is InChI=1S/C12H14O2/c1-14-8-9-2-3-10-4-5-12(13)7-11(10)6-9/h2-3,6H,4-5,7-8H2,1H3. The summed E-state index contributed by atoms with van der Waals surface area (Å²) in [7, 11) is 1.69. The molecule has 14 heavy (non-hydrogen) atoms. The lowest BCUT2D eigenvalue weighted by molar-refractivity contribution is -0.118. The second-order valence-electron chi connectivity index (χ2n) is 3.75. The van der Waals surface area contributed by atoms with E-state index in [4.69, 9.17) is 4.74 Å². The van der Waals surface area contributed by atoms with Gasteiger partial charge in [0.05, 0.1) is 6.61 Å². The van der Waals surface area contributed by atoms with Crippen LogP contribution in [0.2, 0.25) is 0 Å².